The number of nitrogens with one attached hydrogen (secondary N) is 1. The minimum atomic E-state index is 0.808. The van der Waals surface area contributed by atoms with Crippen molar-refractivity contribution in [1.29, 1.82) is 0 Å². The van der Waals surface area contributed by atoms with Crippen LogP contribution in [0.3, 0.4) is 0 Å². The van der Waals surface area contributed by atoms with Gasteiger partial charge in [-0.25, -0.2) is 0 Å². The fraction of sp³-hybridized carbons (Fsp3) is 1.00. The normalized spacial score (nSPS) is 33.2. The summed E-state index contributed by atoms with van der Waals surface area (Å²) in [5, 5.41) is 3.69. The van der Waals surface area contributed by atoms with Gasteiger partial charge in [0.05, 0.1) is 0 Å². The molecule has 1 nitrogen and oxygen atoms in total. The van der Waals surface area contributed by atoms with Crippen LogP contribution in [0.1, 0.15) is 39.5 Å². The summed E-state index contributed by atoms with van der Waals surface area (Å²) in [6.07, 6.45) is 7.71. The summed E-state index contributed by atoms with van der Waals surface area (Å²) >= 11 is 1.95. The highest BCUT2D eigenvalue weighted by molar-refractivity contribution is 7.98. The van der Waals surface area contributed by atoms with Crippen LogP contribution in [-0.2, 0) is 0 Å². The topological polar surface area (TPSA) is 12.0 Å². The number of thioether (sulfide) groups is 1. The molecule has 0 aromatic heterocycles. The number of rotatable bonds is 5. The Bertz CT molecular complexity index is 149. The molecule has 3 unspecified atom stereocenters. The van der Waals surface area contributed by atoms with Gasteiger partial charge in [-0.3, -0.25) is 0 Å². The van der Waals surface area contributed by atoms with Crippen LogP contribution in [0.2, 0.25) is 0 Å². The third-order valence-corrected chi connectivity index (χ3v) is 4.25. The zero-order valence-electron chi connectivity index (χ0n) is 9.88. The molecule has 0 aromatic carbocycles. The molecule has 0 bridgehead atoms. The smallest absolute Gasteiger partial charge is 0.00698 e. The molecule has 0 radical (unpaired) electrons. The first-order chi connectivity index (χ1) is 6.74. The van der Waals surface area contributed by atoms with E-state index in [0.717, 1.165) is 17.9 Å². The zero-order valence-corrected chi connectivity index (χ0v) is 10.7. The summed E-state index contributed by atoms with van der Waals surface area (Å²) in [7, 11) is 0. The number of hydrogen-bond acceptors (Lipinski definition) is 2. The van der Waals surface area contributed by atoms with Crippen molar-refractivity contribution >= 4 is 11.8 Å². The quantitative estimate of drug-likeness (QED) is 0.707. The van der Waals surface area contributed by atoms with Gasteiger partial charge in [0, 0.05) is 6.04 Å². The average molecular weight is 215 g/mol. The van der Waals surface area contributed by atoms with E-state index in [0.29, 0.717) is 0 Å². The van der Waals surface area contributed by atoms with Gasteiger partial charge in [-0.05, 0) is 56.1 Å². The molecule has 0 amide bonds. The average Bonchev–Trinajstić information content (AvgIpc) is 2.18. The van der Waals surface area contributed by atoms with Gasteiger partial charge in [0.2, 0.25) is 0 Å². The summed E-state index contributed by atoms with van der Waals surface area (Å²) in [5.41, 5.74) is 0. The van der Waals surface area contributed by atoms with Crippen LogP contribution in [-0.4, -0.2) is 24.6 Å². The lowest BCUT2D eigenvalue weighted by Gasteiger charge is -2.32. The molecule has 1 N–H and O–H groups in total. The highest BCUT2D eigenvalue weighted by atomic mass is 32.2. The summed E-state index contributed by atoms with van der Waals surface area (Å²) < 4.78 is 0. The van der Waals surface area contributed by atoms with E-state index in [-0.39, 0.29) is 0 Å². The molecule has 0 aromatic rings. The van der Waals surface area contributed by atoms with Crippen molar-refractivity contribution in [2.24, 2.45) is 11.8 Å². The van der Waals surface area contributed by atoms with Crippen molar-refractivity contribution in [2.45, 2.75) is 45.6 Å². The van der Waals surface area contributed by atoms with E-state index in [4.69, 9.17) is 0 Å². The van der Waals surface area contributed by atoms with Crippen LogP contribution >= 0.6 is 11.8 Å². The highest BCUT2D eigenvalue weighted by Gasteiger charge is 2.23. The molecular weight excluding hydrogens is 190 g/mol. The maximum absolute atomic E-state index is 3.69. The van der Waals surface area contributed by atoms with E-state index in [1.54, 1.807) is 0 Å². The van der Waals surface area contributed by atoms with Crippen molar-refractivity contribution in [3.8, 4) is 0 Å². The molecule has 1 rings (SSSR count). The predicted octanol–water partition coefficient (Wildman–Crippen LogP) is 3.15. The van der Waals surface area contributed by atoms with Gasteiger partial charge in [-0.2, -0.15) is 11.8 Å². The minimum absolute atomic E-state index is 0.808. The van der Waals surface area contributed by atoms with Gasteiger partial charge in [-0.15, -0.1) is 0 Å². The minimum Gasteiger partial charge on any atom is -0.314 e. The molecule has 0 aliphatic heterocycles. The standard InChI is InChI=1S/C12H25NS/c1-10-5-6-12(9-11(10)2)13-7-4-8-14-3/h10-13H,4-9H2,1-3H3. The molecule has 84 valence electrons. The summed E-state index contributed by atoms with van der Waals surface area (Å²) in [5.74, 6) is 3.16. The molecule has 1 saturated carbocycles. The van der Waals surface area contributed by atoms with E-state index in [1.165, 1.54) is 38.0 Å². The van der Waals surface area contributed by atoms with E-state index in [2.05, 4.69) is 25.4 Å². The van der Waals surface area contributed by atoms with Crippen LogP contribution in [0, 0.1) is 11.8 Å². The lowest BCUT2D eigenvalue weighted by molar-refractivity contribution is 0.227. The molecule has 1 aliphatic rings. The van der Waals surface area contributed by atoms with Crippen molar-refractivity contribution < 1.29 is 0 Å². The number of hydrogen-bond donors (Lipinski definition) is 1. The maximum Gasteiger partial charge on any atom is 0.00698 e. The largest absolute Gasteiger partial charge is 0.314 e. The molecule has 2 heteroatoms. The summed E-state index contributed by atoms with van der Waals surface area (Å²) in [6, 6.07) is 0.808. The van der Waals surface area contributed by atoms with Crippen LogP contribution in [0.5, 0.6) is 0 Å². The third kappa shape index (κ3) is 4.22. The summed E-state index contributed by atoms with van der Waals surface area (Å²) in [6.45, 7) is 6.02. The van der Waals surface area contributed by atoms with Gasteiger partial charge in [0.1, 0.15) is 0 Å². The van der Waals surface area contributed by atoms with E-state index in [9.17, 15) is 0 Å². The van der Waals surface area contributed by atoms with Crippen LogP contribution in [0.4, 0.5) is 0 Å². The van der Waals surface area contributed by atoms with Gasteiger partial charge in [0.15, 0.2) is 0 Å². The monoisotopic (exact) mass is 215 g/mol. The summed E-state index contributed by atoms with van der Waals surface area (Å²) in [4.78, 5) is 0. The van der Waals surface area contributed by atoms with Gasteiger partial charge >= 0.3 is 0 Å². The molecule has 0 spiro atoms. The first-order valence-corrected chi connectivity index (χ1v) is 7.35. The second kappa shape index (κ2) is 6.73. The first kappa shape index (κ1) is 12.4. The van der Waals surface area contributed by atoms with Crippen molar-refractivity contribution in [3.05, 3.63) is 0 Å². The fourth-order valence-corrected chi connectivity index (χ4v) is 2.69. The Morgan fingerprint density at radius 2 is 2.00 bits per heavy atom. The van der Waals surface area contributed by atoms with E-state index in [1.807, 2.05) is 11.8 Å². The second-order valence-corrected chi connectivity index (χ2v) is 5.75. The lowest BCUT2D eigenvalue weighted by atomic mass is 9.79. The Morgan fingerprint density at radius 1 is 1.21 bits per heavy atom. The van der Waals surface area contributed by atoms with Crippen molar-refractivity contribution in [2.75, 3.05) is 18.6 Å². The first-order valence-electron chi connectivity index (χ1n) is 5.96. The fourth-order valence-electron chi connectivity index (χ4n) is 2.26. The molecule has 1 fully saturated rings. The highest BCUT2D eigenvalue weighted by Crippen LogP contribution is 2.29. The predicted molar refractivity (Wildman–Crippen MR) is 67.0 cm³/mol. The zero-order chi connectivity index (χ0) is 10.4. The van der Waals surface area contributed by atoms with E-state index >= 15 is 0 Å². The van der Waals surface area contributed by atoms with Gasteiger partial charge in [0.25, 0.3) is 0 Å². The van der Waals surface area contributed by atoms with E-state index < -0.39 is 0 Å². The Hall–Kier alpha value is 0.310. The van der Waals surface area contributed by atoms with Crippen molar-refractivity contribution in [1.82, 2.24) is 5.32 Å². The Balaban J connectivity index is 2.07. The van der Waals surface area contributed by atoms with Gasteiger partial charge in [-0.1, -0.05) is 13.8 Å². The van der Waals surface area contributed by atoms with Crippen molar-refractivity contribution in [3.63, 3.8) is 0 Å². The molecule has 3 atom stereocenters. The molecular formula is C12H25NS. The molecule has 0 heterocycles. The van der Waals surface area contributed by atoms with Gasteiger partial charge < -0.3 is 5.32 Å². The van der Waals surface area contributed by atoms with Crippen LogP contribution < -0.4 is 5.32 Å². The Morgan fingerprint density at radius 3 is 2.64 bits per heavy atom. The SMILES string of the molecule is CSCCCNC1CCC(C)C(C)C1. The third-order valence-electron chi connectivity index (χ3n) is 3.56. The Kier molecular flexibility index (Phi) is 5.95. The molecule has 14 heavy (non-hydrogen) atoms. The molecule has 1 aliphatic carbocycles. The molecule has 0 saturated heterocycles. The second-order valence-electron chi connectivity index (χ2n) is 4.77. The lowest BCUT2D eigenvalue weighted by Crippen LogP contribution is -2.36. The van der Waals surface area contributed by atoms with Crippen LogP contribution in [0.25, 0.3) is 0 Å². The maximum atomic E-state index is 3.69. The Labute approximate surface area is 93.4 Å². The van der Waals surface area contributed by atoms with Crippen LogP contribution in [0.15, 0.2) is 0 Å².